The Balaban J connectivity index is 2.00. The zero-order valence-corrected chi connectivity index (χ0v) is 14.1. The van der Waals surface area contributed by atoms with E-state index in [9.17, 15) is 9.90 Å². The summed E-state index contributed by atoms with van der Waals surface area (Å²) in [7, 11) is 0. The maximum atomic E-state index is 11.5. The molecule has 7 nitrogen and oxygen atoms in total. The molecule has 7 heteroatoms. The second-order valence-corrected chi connectivity index (χ2v) is 5.57. The first-order valence-electron chi connectivity index (χ1n) is 7.93. The third-order valence-electron chi connectivity index (χ3n) is 3.71. The smallest absolute Gasteiger partial charge is 0.178 e. The van der Waals surface area contributed by atoms with Crippen LogP contribution in [0.5, 0.6) is 0 Å². The van der Waals surface area contributed by atoms with Gasteiger partial charge in [-0.15, -0.1) is 0 Å². The number of Topliss-reactive ketones (excluding diaryl/α,β-unsaturated/α-hetero) is 1. The summed E-state index contributed by atoms with van der Waals surface area (Å²) in [6.45, 7) is 1.30. The van der Waals surface area contributed by atoms with Crippen LogP contribution in [0.2, 0.25) is 0 Å². The van der Waals surface area contributed by atoms with Gasteiger partial charge in [-0.1, -0.05) is 18.2 Å². The monoisotopic (exact) mass is 347 g/mol. The number of nitrogens with zero attached hydrogens (tertiary/aromatic N) is 3. The molecular formula is C19H17N5O2. The minimum Gasteiger partial charge on any atom is -0.390 e. The van der Waals surface area contributed by atoms with Gasteiger partial charge in [-0.3, -0.25) is 4.79 Å². The summed E-state index contributed by atoms with van der Waals surface area (Å²) in [5.41, 5.74) is 2.90. The highest BCUT2D eigenvalue weighted by Gasteiger charge is 2.09. The Morgan fingerprint density at radius 3 is 2.81 bits per heavy atom. The van der Waals surface area contributed by atoms with E-state index < -0.39 is 0 Å². The van der Waals surface area contributed by atoms with Gasteiger partial charge in [0, 0.05) is 36.1 Å². The highest BCUT2D eigenvalue weighted by atomic mass is 16.3. The molecule has 2 aromatic heterocycles. The second kappa shape index (κ2) is 7.62. The number of ketones is 1. The molecule has 130 valence electrons. The lowest BCUT2D eigenvalue weighted by Gasteiger charge is -2.11. The average Bonchev–Trinajstić information content (AvgIpc) is 2.68. The van der Waals surface area contributed by atoms with Crippen LogP contribution in [0.3, 0.4) is 0 Å². The maximum Gasteiger partial charge on any atom is 0.178 e. The van der Waals surface area contributed by atoms with Gasteiger partial charge in [0.05, 0.1) is 12.3 Å². The Kier molecular flexibility index (Phi) is 5.09. The van der Waals surface area contributed by atoms with Gasteiger partial charge < -0.3 is 15.8 Å². The second-order valence-electron chi connectivity index (χ2n) is 5.57. The Morgan fingerprint density at radius 2 is 2.08 bits per heavy atom. The van der Waals surface area contributed by atoms with Crippen molar-refractivity contribution in [2.24, 2.45) is 0 Å². The van der Waals surface area contributed by atoms with Crippen LogP contribution >= 0.6 is 0 Å². The molecule has 26 heavy (non-hydrogen) atoms. The minimum atomic E-state index is -0.154. The molecule has 0 radical (unpaired) electrons. The van der Waals surface area contributed by atoms with Crippen molar-refractivity contribution < 1.29 is 9.90 Å². The van der Waals surface area contributed by atoms with Gasteiger partial charge in [-0.05, 0) is 24.3 Å². The maximum absolute atomic E-state index is 11.5. The summed E-state index contributed by atoms with van der Waals surface area (Å²) in [6.07, 6.45) is 2.78. The third-order valence-corrected chi connectivity index (χ3v) is 3.71. The van der Waals surface area contributed by atoms with Crippen LogP contribution in [0.15, 0.2) is 48.7 Å². The lowest BCUT2D eigenvalue weighted by Crippen LogP contribution is -2.02. The molecule has 3 aromatic rings. The Morgan fingerprint density at radius 1 is 1.23 bits per heavy atom. The van der Waals surface area contributed by atoms with Crippen LogP contribution in [0.4, 0.5) is 11.5 Å². The molecule has 0 spiro atoms. The van der Waals surface area contributed by atoms with Crippen molar-refractivity contribution in [2.45, 2.75) is 13.5 Å². The van der Waals surface area contributed by atoms with Gasteiger partial charge in [0.15, 0.2) is 11.6 Å². The lowest BCUT2D eigenvalue weighted by atomic mass is 10.1. The predicted molar refractivity (Wildman–Crippen MR) is 98.8 cm³/mol. The molecule has 0 saturated heterocycles. The summed E-state index contributed by atoms with van der Waals surface area (Å²) < 4.78 is 0. The number of benzene rings is 1. The van der Waals surface area contributed by atoms with Crippen molar-refractivity contribution in [3.8, 4) is 11.4 Å². The molecule has 0 aliphatic rings. The van der Waals surface area contributed by atoms with E-state index in [-0.39, 0.29) is 12.4 Å². The summed E-state index contributed by atoms with van der Waals surface area (Å²) in [6, 6.07) is 12.2. The van der Waals surface area contributed by atoms with Crippen LogP contribution in [-0.4, -0.2) is 32.1 Å². The molecule has 3 rings (SSSR count). The summed E-state index contributed by atoms with van der Waals surface area (Å²) in [5.74, 6) is 0.845. The molecule has 2 heterocycles. The normalized spacial score (nSPS) is 10.4. The molecular weight excluding hydrogens is 330 g/mol. The predicted octanol–water partition coefficient (Wildman–Crippen LogP) is 2.97. The minimum absolute atomic E-state index is 0.131. The number of aliphatic hydroxyl groups is 1. The summed E-state index contributed by atoms with van der Waals surface area (Å²) in [4.78, 5) is 24.3. The van der Waals surface area contributed by atoms with Crippen LogP contribution in [0, 0.1) is 5.41 Å². The van der Waals surface area contributed by atoms with Crippen LogP contribution in [0.1, 0.15) is 28.7 Å². The zero-order chi connectivity index (χ0) is 18.5. The summed E-state index contributed by atoms with van der Waals surface area (Å²) in [5, 5.41) is 20.0. The van der Waals surface area contributed by atoms with Gasteiger partial charge in [0.25, 0.3) is 0 Å². The standard InChI is InChI=1S/C19H17N5O2/c1-12(26)16-7-8-21-19(24-16)13-5-6-14(10-20)17(9-13)23-18-4-2-3-15(11-25)22-18/h2-10,20,25H,11H2,1H3,(H,22,23). The van der Waals surface area contributed by atoms with Crippen molar-refractivity contribution >= 4 is 23.5 Å². The van der Waals surface area contributed by atoms with E-state index in [1.807, 2.05) is 0 Å². The fraction of sp³-hybridized carbons (Fsp3) is 0.105. The highest BCUT2D eigenvalue weighted by molar-refractivity contribution is 5.92. The van der Waals surface area contributed by atoms with E-state index in [2.05, 4.69) is 20.3 Å². The number of aliphatic hydroxyl groups excluding tert-OH is 1. The quantitative estimate of drug-likeness (QED) is 0.467. The Bertz CT molecular complexity index is 972. The first kappa shape index (κ1) is 17.4. The first-order chi connectivity index (χ1) is 12.6. The van der Waals surface area contributed by atoms with Crippen molar-refractivity contribution in [1.29, 1.82) is 5.41 Å². The molecule has 0 saturated carbocycles. The van der Waals surface area contributed by atoms with Gasteiger partial charge in [0.2, 0.25) is 0 Å². The van der Waals surface area contributed by atoms with E-state index in [4.69, 9.17) is 5.41 Å². The number of hydrogen-bond acceptors (Lipinski definition) is 7. The molecule has 0 unspecified atom stereocenters. The van der Waals surface area contributed by atoms with Crippen molar-refractivity contribution in [3.63, 3.8) is 0 Å². The lowest BCUT2D eigenvalue weighted by molar-refractivity contribution is 0.101. The van der Waals surface area contributed by atoms with Gasteiger partial charge in [0.1, 0.15) is 11.5 Å². The van der Waals surface area contributed by atoms with Crippen LogP contribution in [0.25, 0.3) is 11.4 Å². The number of aromatic nitrogens is 3. The van der Waals surface area contributed by atoms with E-state index in [0.29, 0.717) is 39.8 Å². The van der Waals surface area contributed by atoms with E-state index >= 15 is 0 Å². The SMILES string of the molecule is CC(=O)c1ccnc(-c2ccc(C=N)c(Nc3cccc(CO)n3)c2)n1. The molecule has 0 aliphatic heterocycles. The van der Waals surface area contributed by atoms with Gasteiger partial charge >= 0.3 is 0 Å². The van der Waals surface area contributed by atoms with Gasteiger partial charge in [-0.25, -0.2) is 15.0 Å². The summed E-state index contributed by atoms with van der Waals surface area (Å²) >= 11 is 0. The van der Waals surface area contributed by atoms with Crippen molar-refractivity contribution in [2.75, 3.05) is 5.32 Å². The molecule has 0 fully saturated rings. The highest BCUT2D eigenvalue weighted by Crippen LogP contribution is 2.25. The van der Waals surface area contributed by atoms with E-state index in [1.165, 1.54) is 13.1 Å². The number of pyridine rings is 1. The van der Waals surface area contributed by atoms with Crippen molar-refractivity contribution in [1.82, 2.24) is 15.0 Å². The number of nitrogens with one attached hydrogen (secondary N) is 2. The molecule has 1 aromatic carbocycles. The fourth-order valence-electron chi connectivity index (χ4n) is 2.40. The first-order valence-corrected chi connectivity index (χ1v) is 7.93. The third kappa shape index (κ3) is 3.79. The molecule has 0 bridgehead atoms. The fourth-order valence-corrected chi connectivity index (χ4v) is 2.40. The van der Waals surface area contributed by atoms with Crippen molar-refractivity contribution in [3.05, 3.63) is 65.6 Å². The Hall–Kier alpha value is -3.45. The number of carbonyl (C=O) groups excluding carboxylic acids is 1. The molecule has 0 atom stereocenters. The average molecular weight is 347 g/mol. The molecule has 0 aliphatic carbocycles. The number of rotatable bonds is 6. The largest absolute Gasteiger partial charge is 0.390 e. The Labute approximate surface area is 150 Å². The van der Waals surface area contributed by atoms with Crippen LogP contribution in [-0.2, 0) is 6.61 Å². The van der Waals surface area contributed by atoms with E-state index in [0.717, 1.165) is 0 Å². The number of anilines is 2. The topological polar surface area (TPSA) is 112 Å². The number of hydrogen-bond donors (Lipinski definition) is 3. The molecule has 0 amide bonds. The van der Waals surface area contributed by atoms with Crippen LogP contribution < -0.4 is 5.32 Å². The van der Waals surface area contributed by atoms with E-state index in [1.54, 1.807) is 48.7 Å². The molecule has 3 N–H and O–H groups in total. The van der Waals surface area contributed by atoms with Gasteiger partial charge in [-0.2, -0.15) is 0 Å². The zero-order valence-electron chi connectivity index (χ0n) is 14.1. The number of carbonyl (C=O) groups is 1.